The molecule has 0 rings (SSSR count). The number of nitrogens with one attached hydrogen (secondary N) is 1. The van der Waals surface area contributed by atoms with E-state index in [4.69, 9.17) is 5.73 Å². The van der Waals surface area contributed by atoms with Crippen LogP contribution in [0.5, 0.6) is 0 Å². The van der Waals surface area contributed by atoms with E-state index >= 15 is 0 Å². The first-order valence-corrected chi connectivity index (χ1v) is 1.76. The van der Waals surface area contributed by atoms with Crippen LogP contribution in [0.15, 0.2) is 0 Å². The second-order valence-electron chi connectivity index (χ2n) is 0.892. The van der Waals surface area contributed by atoms with Crippen molar-refractivity contribution in [2.75, 3.05) is 20.1 Å². The van der Waals surface area contributed by atoms with Gasteiger partial charge in [0.2, 0.25) is 0 Å². The van der Waals surface area contributed by atoms with E-state index in [1.54, 1.807) is 0 Å². The normalized spacial score (nSPS) is 7.00. The molecule has 0 saturated carbocycles. The molecule has 0 heterocycles. The molecule has 0 unspecified atom stereocenters. The molecule has 0 saturated heterocycles. The molecule has 3 heteroatoms. The van der Waals surface area contributed by atoms with E-state index in [2.05, 4.69) is 5.32 Å². The van der Waals surface area contributed by atoms with E-state index in [0.29, 0.717) is 0 Å². The summed E-state index contributed by atoms with van der Waals surface area (Å²) in [6, 6.07) is 0. The molecule has 34 valence electrons. The molecule has 2 nitrogen and oxygen atoms in total. The monoisotopic (exact) mass is 98.1 g/mol. The summed E-state index contributed by atoms with van der Waals surface area (Å²) in [5.74, 6) is 0. The Morgan fingerprint density at radius 2 is 2.17 bits per heavy atom. The summed E-state index contributed by atoms with van der Waals surface area (Å²) in [5, 5.41) is 2.89. The molecule has 0 bridgehead atoms. The van der Waals surface area contributed by atoms with Crippen molar-refractivity contribution < 1.29 is 0 Å². The average molecular weight is 98.1 g/mol. The zero-order valence-electron chi connectivity index (χ0n) is 3.49. The van der Waals surface area contributed by atoms with Gasteiger partial charge in [-0.1, -0.05) is 0 Å². The van der Waals surface area contributed by atoms with Gasteiger partial charge in [-0.3, -0.25) is 0 Å². The van der Waals surface area contributed by atoms with Crippen LogP contribution >= 0.6 is 0 Å². The molecule has 0 fully saturated rings. The Kier molecular flexibility index (Phi) is 15.6. The van der Waals surface area contributed by atoms with Gasteiger partial charge in [-0.05, 0) is 7.05 Å². The number of likely N-dealkylation sites (N-methyl/N-ethyl adjacent to an activating group) is 1. The first-order valence-electron chi connectivity index (χ1n) is 1.76. The first kappa shape index (κ1) is 10.0. The molecule has 3 N–H and O–H groups in total. The van der Waals surface area contributed by atoms with Gasteiger partial charge in [-0.15, -0.1) is 0 Å². The van der Waals surface area contributed by atoms with E-state index in [-0.39, 0.29) is 29.6 Å². The number of rotatable bonds is 2. The van der Waals surface area contributed by atoms with Crippen molar-refractivity contribution in [3.8, 4) is 0 Å². The molecular formula is C3H11N2Na. The van der Waals surface area contributed by atoms with Crippen LogP contribution < -0.4 is 11.1 Å². The number of hydrogen-bond acceptors (Lipinski definition) is 2. The van der Waals surface area contributed by atoms with E-state index in [9.17, 15) is 0 Å². The van der Waals surface area contributed by atoms with Gasteiger partial charge in [0.25, 0.3) is 0 Å². The molecule has 0 spiro atoms. The van der Waals surface area contributed by atoms with Gasteiger partial charge in [-0.2, -0.15) is 0 Å². The zero-order valence-corrected chi connectivity index (χ0v) is 3.49. The predicted octanol–water partition coefficient (Wildman–Crippen LogP) is -1.48. The molecule has 0 amide bonds. The maximum absolute atomic E-state index is 5.08. The SMILES string of the molecule is CNCCN.[NaH]. The third-order valence-corrected chi connectivity index (χ3v) is 0.394. The van der Waals surface area contributed by atoms with E-state index in [0.717, 1.165) is 13.1 Å². The van der Waals surface area contributed by atoms with Gasteiger partial charge in [0, 0.05) is 13.1 Å². The Labute approximate surface area is 60.8 Å². The van der Waals surface area contributed by atoms with Crippen molar-refractivity contribution in [1.82, 2.24) is 5.32 Å². The van der Waals surface area contributed by atoms with Crippen LogP contribution in [-0.4, -0.2) is 49.7 Å². The maximum atomic E-state index is 5.08. The van der Waals surface area contributed by atoms with Crippen molar-refractivity contribution in [2.24, 2.45) is 5.73 Å². The molecule has 0 radical (unpaired) electrons. The average Bonchev–Trinajstić information content (AvgIpc) is 1.41. The standard InChI is InChI=1S/C3H10N2.Na.H/c1-5-3-2-4;;/h5H,2-4H2,1H3;;. The molecule has 0 aromatic heterocycles. The third-order valence-electron chi connectivity index (χ3n) is 0.394. The number of nitrogens with two attached hydrogens (primary N) is 1. The van der Waals surface area contributed by atoms with Gasteiger partial charge >= 0.3 is 29.6 Å². The number of hydrogen-bond donors (Lipinski definition) is 2. The summed E-state index contributed by atoms with van der Waals surface area (Å²) in [4.78, 5) is 0. The quantitative estimate of drug-likeness (QED) is 0.413. The van der Waals surface area contributed by atoms with Gasteiger partial charge < -0.3 is 11.1 Å². The van der Waals surface area contributed by atoms with Crippen molar-refractivity contribution in [2.45, 2.75) is 0 Å². The summed E-state index contributed by atoms with van der Waals surface area (Å²) in [6.07, 6.45) is 0. The van der Waals surface area contributed by atoms with Crippen LogP contribution in [0.3, 0.4) is 0 Å². The minimum absolute atomic E-state index is 0. The van der Waals surface area contributed by atoms with E-state index in [1.165, 1.54) is 0 Å². The molecule has 0 aliphatic rings. The Morgan fingerprint density at radius 1 is 1.67 bits per heavy atom. The Bertz CT molecular complexity index is 16.3. The Balaban J connectivity index is 0. The van der Waals surface area contributed by atoms with E-state index < -0.39 is 0 Å². The Hall–Kier alpha value is 0.920. The summed E-state index contributed by atoms with van der Waals surface area (Å²) < 4.78 is 0. The van der Waals surface area contributed by atoms with Crippen molar-refractivity contribution in [3.05, 3.63) is 0 Å². The fourth-order valence-corrected chi connectivity index (χ4v) is 0.144. The minimum atomic E-state index is 0. The summed E-state index contributed by atoms with van der Waals surface area (Å²) in [7, 11) is 1.88. The molecule has 0 aromatic rings. The van der Waals surface area contributed by atoms with Crippen molar-refractivity contribution >= 4 is 29.6 Å². The Morgan fingerprint density at radius 3 is 2.17 bits per heavy atom. The molecular weight excluding hydrogens is 87.0 g/mol. The summed E-state index contributed by atoms with van der Waals surface area (Å²) in [5.41, 5.74) is 5.08. The fourth-order valence-electron chi connectivity index (χ4n) is 0.144. The first-order chi connectivity index (χ1) is 2.41. The predicted molar refractivity (Wildman–Crippen MR) is 30.1 cm³/mol. The third kappa shape index (κ3) is 8.87. The van der Waals surface area contributed by atoms with Crippen LogP contribution in [0, 0.1) is 0 Å². The van der Waals surface area contributed by atoms with Crippen LogP contribution in [0.4, 0.5) is 0 Å². The summed E-state index contributed by atoms with van der Waals surface area (Å²) in [6.45, 7) is 1.65. The second kappa shape index (κ2) is 9.33. The molecule has 0 aliphatic heterocycles. The molecule has 0 aromatic carbocycles. The molecule has 0 atom stereocenters. The zero-order chi connectivity index (χ0) is 4.12. The van der Waals surface area contributed by atoms with Crippen molar-refractivity contribution in [3.63, 3.8) is 0 Å². The van der Waals surface area contributed by atoms with Crippen LogP contribution in [0.2, 0.25) is 0 Å². The van der Waals surface area contributed by atoms with Gasteiger partial charge in [0.05, 0.1) is 0 Å². The van der Waals surface area contributed by atoms with Crippen molar-refractivity contribution in [1.29, 1.82) is 0 Å². The topological polar surface area (TPSA) is 38.0 Å². The van der Waals surface area contributed by atoms with Crippen LogP contribution in [-0.2, 0) is 0 Å². The van der Waals surface area contributed by atoms with Gasteiger partial charge in [0.1, 0.15) is 0 Å². The fraction of sp³-hybridized carbons (Fsp3) is 1.00. The van der Waals surface area contributed by atoms with Crippen LogP contribution in [0.25, 0.3) is 0 Å². The summed E-state index contributed by atoms with van der Waals surface area (Å²) >= 11 is 0. The van der Waals surface area contributed by atoms with E-state index in [1.807, 2.05) is 7.05 Å². The van der Waals surface area contributed by atoms with Gasteiger partial charge in [0.15, 0.2) is 0 Å². The molecule has 6 heavy (non-hydrogen) atoms. The molecule has 0 aliphatic carbocycles. The second-order valence-corrected chi connectivity index (χ2v) is 0.892. The van der Waals surface area contributed by atoms with Crippen LogP contribution in [0.1, 0.15) is 0 Å². The van der Waals surface area contributed by atoms with Gasteiger partial charge in [-0.25, -0.2) is 0 Å².